The molecule has 0 saturated carbocycles. The van der Waals surface area contributed by atoms with Crippen LogP contribution in [-0.2, 0) is 0 Å². The molecule has 0 aromatic heterocycles. The van der Waals surface area contributed by atoms with E-state index >= 15 is 0 Å². The molecule has 2 aromatic carbocycles. The number of amides is 1. The molecule has 1 amide bonds. The van der Waals surface area contributed by atoms with Crippen LogP contribution in [0.15, 0.2) is 48.5 Å². The van der Waals surface area contributed by atoms with Crippen molar-refractivity contribution in [2.24, 2.45) is 0 Å². The van der Waals surface area contributed by atoms with Crippen LogP contribution in [0.4, 0.5) is 5.69 Å². The highest BCUT2D eigenvalue weighted by Crippen LogP contribution is 2.09. The Kier molecular flexibility index (Phi) is 11.3. The number of thiocarbonyl (C=S) groups is 1. The number of hydrogen-bond acceptors (Lipinski definition) is 3. The van der Waals surface area contributed by atoms with Gasteiger partial charge in [0.05, 0.1) is 5.56 Å². The zero-order valence-electron chi connectivity index (χ0n) is 15.8. The number of hydrogen-bond donors (Lipinski definition) is 3. The second kappa shape index (κ2) is 12.6. The second-order valence-electron chi connectivity index (χ2n) is 4.66. The second-order valence-corrected chi connectivity index (χ2v) is 5.07. The van der Waals surface area contributed by atoms with Gasteiger partial charge in [0.1, 0.15) is 0 Å². The zero-order valence-corrected chi connectivity index (χ0v) is 16.6. The molecule has 0 saturated heterocycles. The van der Waals surface area contributed by atoms with E-state index in [1.807, 2.05) is 46.8 Å². The van der Waals surface area contributed by atoms with Crippen LogP contribution in [0.5, 0.6) is 0 Å². The molecule has 0 spiro atoms. The quantitative estimate of drug-likeness (QED) is 0.668. The van der Waals surface area contributed by atoms with Crippen LogP contribution in [0.3, 0.4) is 0 Å². The summed E-state index contributed by atoms with van der Waals surface area (Å²) in [5, 5.41) is 14.4. The monoisotopic (exact) mass is 374 g/mol. The lowest BCUT2D eigenvalue weighted by Gasteiger charge is -2.10. The summed E-state index contributed by atoms with van der Waals surface area (Å²) in [5.41, 5.74) is 2.35. The highest BCUT2D eigenvalue weighted by atomic mass is 32.1. The van der Waals surface area contributed by atoms with Crippen molar-refractivity contribution in [1.82, 2.24) is 5.32 Å². The maximum Gasteiger partial charge on any atom is 0.335 e. The minimum atomic E-state index is -0.998. The molecule has 0 bridgehead atoms. The number of carboxylic acid groups (broad SMARTS) is 1. The van der Waals surface area contributed by atoms with E-state index in [1.54, 1.807) is 24.3 Å². The van der Waals surface area contributed by atoms with Crippen LogP contribution in [0.1, 0.15) is 54.0 Å². The molecule has 0 radical (unpaired) electrons. The summed E-state index contributed by atoms with van der Waals surface area (Å²) in [5.74, 6) is -1.30. The fraction of sp³-hybridized carbons (Fsp3) is 0.250. The van der Waals surface area contributed by atoms with Gasteiger partial charge in [-0.1, -0.05) is 45.4 Å². The van der Waals surface area contributed by atoms with Gasteiger partial charge in [-0.2, -0.15) is 0 Å². The predicted molar refractivity (Wildman–Crippen MR) is 111 cm³/mol. The third-order valence-corrected chi connectivity index (χ3v) is 3.13. The van der Waals surface area contributed by atoms with E-state index in [9.17, 15) is 9.59 Å². The van der Waals surface area contributed by atoms with Gasteiger partial charge in [-0.15, -0.1) is 0 Å². The smallest absolute Gasteiger partial charge is 0.335 e. The molecule has 0 unspecified atom stereocenters. The van der Waals surface area contributed by atoms with Crippen molar-refractivity contribution in [1.29, 1.82) is 0 Å². The van der Waals surface area contributed by atoms with Gasteiger partial charge in [-0.05, 0) is 55.5 Å². The number of carbonyl (C=O) groups is 2. The van der Waals surface area contributed by atoms with E-state index in [-0.39, 0.29) is 16.6 Å². The number of nitrogens with one attached hydrogen (secondary N) is 2. The van der Waals surface area contributed by atoms with Crippen molar-refractivity contribution in [3.05, 3.63) is 65.2 Å². The number of aryl methyl sites for hydroxylation is 1. The van der Waals surface area contributed by atoms with Gasteiger partial charge >= 0.3 is 5.97 Å². The number of carbonyl (C=O) groups excluding carboxylic acids is 1. The van der Waals surface area contributed by atoms with E-state index in [1.165, 1.54) is 12.1 Å². The molecule has 3 N–H and O–H groups in total. The highest BCUT2D eigenvalue weighted by molar-refractivity contribution is 7.80. The predicted octanol–water partition coefficient (Wildman–Crippen LogP) is 4.87. The van der Waals surface area contributed by atoms with Crippen molar-refractivity contribution >= 4 is 34.9 Å². The molecule has 2 aromatic rings. The third-order valence-electron chi connectivity index (χ3n) is 2.93. The summed E-state index contributed by atoms with van der Waals surface area (Å²) in [6, 6.07) is 13.2. The van der Waals surface area contributed by atoms with E-state index < -0.39 is 5.97 Å². The van der Waals surface area contributed by atoms with Crippen molar-refractivity contribution < 1.29 is 14.7 Å². The normalized spacial score (nSPS) is 8.81. The average Bonchev–Trinajstić information content (AvgIpc) is 2.66. The fourth-order valence-electron chi connectivity index (χ4n) is 1.74. The Hall–Kier alpha value is -2.73. The first-order chi connectivity index (χ1) is 12.5. The minimum absolute atomic E-state index is 0.147. The van der Waals surface area contributed by atoms with Crippen molar-refractivity contribution in [3.63, 3.8) is 0 Å². The fourth-order valence-corrected chi connectivity index (χ4v) is 1.95. The number of anilines is 1. The van der Waals surface area contributed by atoms with Gasteiger partial charge in [-0.3, -0.25) is 10.1 Å². The maximum absolute atomic E-state index is 12.0. The van der Waals surface area contributed by atoms with Crippen molar-refractivity contribution in [3.8, 4) is 0 Å². The Balaban J connectivity index is 0.00000146. The summed E-state index contributed by atoms with van der Waals surface area (Å²) in [6.07, 6.45) is 0. The Morgan fingerprint density at radius 1 is 0.846 bits per heavy atom. The standard InChI is InChI=1S/C16H14N2O3S.2C2H6/c1-10-2-4-11(5-3-10)14(19)18-16(22)17-13-8-6-12(7-9-13)15(20)21;2*1-2/h2-9H,1H3,(H,20,21)(H2,17,18,19,22);2*1-2H3. The molecule has 0 aliphatic carbocycles. The highest BCUT2D eigenvalue weighted by Gasteiger charge is 2.08. The summed E-state index contributed by atoms with van der Waals surface area (Å²) >= 11 is 5.06. The topological polar surface area (TPSA) is 78.4 Å². The lowest BCUT2D eigenvalue weighted by atomic mass is 10.1. The molecule has 2 rings (SSSR count). The molecule has 26 heavy (non-hydrogen) atoms. The minimum Gasteiger partial charge on any atom is -0.478 e. The van der Waals surface area contributed by atoms with Crippen LogP contribution in [0.25, 0.3) is 0 Å². The molecule has 0 aliphatic rings. The van der Waals surface area contributed by atoms with Gasteiger partial charge in [0.2, 0.25) is 0 Å². The molecule has 5 nitrogen and oxygen atoms in total. The third kappa shape index (κ3) is 7.90. The Bertz CT molecular complexity index is 711. The van der Waals surface area contributed by atoms with Crippen LogP contribution >= 0.6 is 12.2 Å². The summed E-state index contributed by atoms with van der Waals surface area (Å²) in [6.45, 7) is 9.94. The zero-order chi connectivity index (χ0) is 20.1. The lowest BCUT2D eigenvalue weighted by molar-refractivity contribution is 0.0696. The van der Waals surface area contributed by atoms with Crippen LogP contribution in [0.2, 0.25) is 0 Å². The number of aromatic carboxylic acids is 1. The first-order valence-corrected chi connectivity index (χ1v) is 8.89. The van der Waals surface area contributed by atoms with E-state index in [0.717, 1.165) is 5.56 Å². The molecule has 0 fully saturated rings. The van der Waals surface area contributed by atoms with Gasteiger partial charge in [0, 0.05) is 11.3 Å². The number of benzene rings is 2. The van der Waals surface area contributed by atoms with Crippen LogP contribution in [-0.4, -0.2) is 22.1 Å². The van der Waals surface area contributed by atoms with Gasteiger partial charge in [0.15, 0.2) is 5.11 Å². The van der Waals surface area contributed by atoms with E-state index in [4.69, 9.17) is 17.3 Å². The SMILES string of the molecule is CC.CC.Cc1ccc(C(=O)NC(=S)Nc2ccc(C(=O)O)cc2)cc1. The molecular weight excluding hydrogens is 348 g/mol. The summed E-state index contributed by atoms with van der Waals surface area (Å²) in [7, 11) is 0. The van der Waals surface area contributed by atoms with Gasteiger partial charge in [-0.25, -0.2) is 4.79 Å². The molecule has 140 valence electrons. The van der Waals surface area contributed by atoms with Gasteiger partial charge < -0.3 is 10.4 Å². The lowest BCUT2D eigenvalue weighted by Crippen LogP contribution is -2.34. The molecule has 6 heteroatoms. The summed E-state index contributed by atoms with van der Waals surface area (Å²) < 4.78 is 0. The molecule has 0 heterocycles. The van der Waals surface area contributed by atoms with E-state index in [0.29, 0.717) is 11.3 Å². The Labute approximate surface area is 160 Å². The molecule has 0 atom stereocenters. The Morgan fingerprint density at radius 2 is 1.31 bits per heavy atom. The average molecular weight is 375 g/mol. The van der Waals surface area contributed by atoms with Gasteiger partial charge in [0.25, 0.3) is 5.91 Å². The first-order valence-electron chi connectivity index (χ1n) is 8.48. The van der Waals surface area contributed by atoms with Crippen molar-refractivity contribution in [2.45, 2.75) is 34.6 Å². The van der Waals surface area contributed by atoms with Crippen LogP contribution < -0.4 is 10.6 Å². The molecular formula is C20H26N2O3S. The Morgan fingerprint density at radius 3 is 1.77 bits per heavy atom. The number of rotatable bonds is 3. The number of carboxylic acids is 1. The molecule has 0 aliphatic heterocycles. The first kappa shape index (κ1) is 23.3. The van der Waals surface area contributed by atoms with E-state index in [2.05, 4.69) is 10.6 Å². The van der Waals surface area contributed by atoms with Crippen molar-refractivity contribution in [2.75, 3.05) is 5.32 Å². The summed E-state index contributed by atoms with van der Waals surface area (Å²) in [4.78, 5) is 22.7. The largest absolute Gasteiger partial charge is 0.478 e. The van der Waals surface area contributed by atoms with Crippen LogP contribution in [0, 0.1) is 6.92 Å². The maximum atomic E-state index is 12.0.